The van der Waals surface area contributed by atoms with E-state index >= 15 is 0 Å². The maximum atomic E-state index is 11.0. The van der Waals surface area contributed by atoms with Gasteiger partial charge in [0, 0.05) is 4.47 Å². The Morgan fingerprint density at radius 1 is 1.14 bits per heavy atom. The van der Waals surface area contributed by atoms with Crippen LogP contribution in [-0.2, 0) is 20.7 Å². The van der Waals surface area contributed by atoms with E-state index in [9.17, 15) is 20.1 Å². The van der Waals surface area contributed by atoms with Crippen LogP contribution in [0.4, 0.5) is 0 Å². The van der Waals surface area contributed by atoms with E-state index in [-0.39, 0.29) is 6.61 Å². The number of aliphatic carboxylic acids is 1. The third-order valence-electron chi connectivity index (χ3n) is 3.40. The van der Waals surface area contributed by atoms with E-state index in [4.69, 9.17) is 14.6 Å². The standard InChI is InChI=1S/C14H17BrO7/c15-8-3-1-7(2-4-8)5-6-21-14-11(18)9(16)10(17)12(22-14)13(19)20/h1-4,9-12,14,16-18H,5-6H2,(H,19,20)/t9-,10-,11+,12-,14+/m0/s1. The number of carbonyl (C=O) groups is 1. The Labute approximate surface area is 135 Å². The first-order valence-corrected chi connectivity index (χ1v) is 7.48. The predicted molar refractivity (Wildman–Crippen MR) is 78.1 cm³/mol. The van der Waals surface area contributed by atoms with Crippen LogP contribution in [-0.4, -0.2) is 63.7 Å². The first-order chi connectivity index (χ1) is 10.4. The topological polar surface area (TPSA) is 116 Å². The Kier molecular flexibility index (Phi) is 5.90. The molecule has 1 aromatic rings. The van der Waals surface area contributed by atoms with Gasteiger partial charge in [-0.1, -0.05) is 28.1 Å². The molecule has 1 aromatic carbocycles. The lowest BCUT2D eigenvalue weighted by atomic mass is 9.99. The molecule has 1 aliphatic heterocycles. The van der Waals surface area contributed by atoms with E-state index in [2.05, 4.69) is 15.9 Å². The molecule has 1 fully saturated rings. The van der Waals surface area contributed by atoms with Crippen LogP contribution in [0.25, 0.3) is 0 Å². The second kappa shape index (κ2) is 7.49. The molecule has 2 rings (SSSR count). The number of aliphatic hydroxyl groups is 3. The number of carboxylic acid groups (broad SMARTS) is 1. The van der Waals surface area contributed by atoms with E-state index in [0.29, 0.717) is 6.42 Å². The summed E-state index contributed by atoms with van der Waals surface area (Å²) in [4.78, 5) is 11.0. The van der Waals surface area contributed by atoms with E-state index in [0.717, 1.165) is 10.0 Å². The maximum absolute atomic E-state index is 11.0. The van der Waals surface area contributed by atoms with Crippen LogP contribution in [0.5, 0.6) is 0 Å². The van der Waals surface area contributed by atoms with Crippen LogP contribution >= 0.6 is 15.9 Å². The molecule has 1 aliphatic rings. The van der Waals surface area contributed by atoms with Crippen molar-refractivity contribution in [1.29, 1.82) is 0 Å². The molecular formula is C14H17BrO7. The highest BCUT2D eigenvalue weighted by atomic mass is 79.9. The van der Waals surface area contributed by atoms with Crippen molar-refractivity contribution in [3.05, 3.63) is 34.3 Å². The molecule has 1 heterocycles. The van der Waals surface area contributed by atoms with Gasteiger partial charge in [0.25, 0.3) is 0 Å². The predicted octanol–water partition coefficient (Wildman–Crippen LogP) is -0.0996. The minimum atomic E-state index is -1.71. The minimum absolute atomic E-state index is 0.165. The number of benzene rings is 1. The highest BCUT2D eigenvalue weighted by Gasteiger charge is 2.47. The molecule has 8 heteroatoms. The summed E-state index contributed by atoms with van der Waals surface area (Å²) in [6, 6.07) is 7.54. The lowest BCUT2D eigenvalue weighted by Gasteiger charge is -2.38. The van der Waals surface area contributed by atoms with Gasteiger partial charge in [0.2, 0.25) is 0 Å². The van der Waals surface area contributed by atoms with Gasteiger partial charge < -0.3 is 29.9 Å². The van der Waals surface area contributed by atoms with Crippen molar-refractivity contribution < 1.29 is 34.7 Å². The van der Waals surface area contributed by atoms with Gasteiger partial charge in [0.15, 0.2) is 12.4 Å². The summed E-state index contributed by atoms with van der Waals surface area (Å²) in [5, 5.41) is 37.9. The van der Waals surface area contributed by atoms with Gasteiger partial charge in [-0.2, -0.15) is 0 Å². The highest BCUT2D eigenvalue weighted by molar-refractivity contribution is 9.10. The fraction of sp³-hybridized carbons (Fsp3) is 0.500. The Hall–Kier alpha value is -1.03. The van der Waals surface area contributed by atoms with Crippen LogP contribution in [0.15, 0.2) is 28.7 Å². The van der Waals surface area contributed by atoms with Crippen molar-refractivity contribution in [1.82, 2.24) is 0 Å². The van der Waals surface area contributed by atoms with Crippen molar-refractivity contribution >= 4 is 21.9 Å². The van der Waals surface area contributed by atoms with Crippen molar-refractivity contribution in [2.24, 2.45) is 0 Å². The number of hydrogen-bond acceptors (Lipinski definition) is 6. The van der Waals surface area contributed by atoms with Crippen LogP contribution in [0.2, 0.25) is 0 Å². The molecule has 22 heavy (non-hydrogen) atoms. The first-order valence-electron chi connectivity index (χ1n) is 6.68. The van der Waals surface area contributed by atoms with E-state index in [1.54, 1.807) is 0 Å². The molecule has 0 radical (unpaired) electrons. The third-order valence-corrected chi connectivity index (χ3v) is 3.93. The van der Waals surface area contributed by atoms with Gasteiger partial charge in [0.05, 0.1) is 6.61 Å². The molecule has 0 saturated carbocycles. The molecule has 5 atom stereocenters. The van der Waals surface area contributed by atoms with Gasteiger partial charge in [-0.3, -0.25) is 0 Å². The summed E-state index contributed by atoms with van der Waals surface area (Å²) in [5.74, 6) is -1.43. The summed E-state index contributed by atoms with van der Waals surface area (Å²) in [6.07, 6.45) is -7.30. The van der Waals surface area contributed by atoms with E-state index in [1.165, 1.54) is 0 Å². The lowest BCUT2D eigenvalue weighted by molar-refractivity contribution is -0.293. The fourth-order valence-corrected chi connectivity index (χ4v) is 2.40. The molecule has 0 aromatic heterocycles. The molecular weight excluding hydrogens is 360 g/mol. The Balaban J connectivity index is 1.90. The van der Waals surface area contributed by atoms with Crippen LogP contribution < -0.4 is 0 Å². The number of halogens is 1. The van der Waals surface area contributed by atoms with Gasteiger partial charge in [-0.05, 0) is 24.1 Å². The lowest BCUT2D eigenvalue weighted by Crippen LogP contribution is -2.60. The molecule has 7 nitrogen and oxygen atoms in total. The van der Waals surface area contributed by atoms with Crippen LogP contribution in [0.3, 0.4) is 0 Å². The summed E-state index contributed by atoms with van der Waals surface area (Å²) in [5.41, 5.74) is 0.990. The average Bonchev–Trinajstić information content (AvgIpc) is 2.49. The molecule has 4 N–H and O–H groups in total. The van der Waals surface area contributed by atoms with Crippen molar-refractivity contribution in [3.63, 3.8) is 0 Å². The smallest absolute Gasteiger partial charge is 0.335 e. The summed E-state index contributed by atoms with van der Waals surface area (Å²) >= 11 is 3.32. The SMILES string of the molecule is O=C(O)[C@H]1O[C@@H](OCCc2ccc(Br)cc2)[C@H](O)[C@@H](O)[C@@H]1O. The molecule has 0 aliphatic carbocycles. The molecule has 0 bridgehead atoms. The zero-order valence-corrected chi connectivity index (χ0v) is 13.1. The largest absolute Gasteiger partial charge is 0.479 e. The Morgan fingerprint density at radius 2 is 1.77 bits per heavy atom. The van der Waals surface area contributed by atoms with Gasteiger partial charge in [-0.15, -0.1) is 0 Å². The van der Waals surface area contributed by atoms with Crippen LogP contribution in [0.1, 0.15) is 5.56 Å². The van der Waals surface area contributed by atoms with E-state index < -0.39 is 36.7 Å². The monoisotopic (exact) mass is 376 g/mol. The Bertz CT molecular complexity index is 506. The highest BCUT2D eigenvalue weighted by Crippen LogP contribution is 2.22. The maximum Gasteiger partial charge on any atom is 0.335 e. The molecule has 0 spiro atoms. The molecule has 0 unspecified atom stereocenters. The first kappa shape index (κ1) is 17.3. The summed E-state index contributed by atoms with van der Waals surface area (Å²) < 4.78 is 11.3. The number of carboxylic acids is 1. The zero-order chi connectivity index (χ0) is 16.3. The normalized spacial score (nSPS) is 31.9. The van der Waals surface area contributed by atoms with Gasteiger partial charge in [-0.25, -0.2) is 4.79 Å². The number of rotatable bonds is 5. The van der Waals surface area contributed by atoms with Crippen molar-refractivity contribution in [3.8, 4) is 0 Å². The fourth-order valence-electron chi connectivity index (χ4n) is 2.13. The van der Waals surface area contributed by atoms with Crippen molar-refractivity contribution in [2.75, 3.05) is 6.61 Å². The molecule has 122 valence electrons. The van der Waals surface area contributed by atoms with Gasteiger partial charge in [0.1, 0.15) is 18.3 Å². The summed E-state index contributed by atoms with van der Waals surface area (Å²) in [6.45, 7) is 0.165. The average molecular weight is 377 g/mol. The minimum Gasteiger partial charge on any atom is -0.479 e. The summed E-state index contributed by atoms with van der Waals surface area (Å²) in [7, 11) is 0. The second-order valence-corrected chi connectivity index (χ2v) is 5.90. The number of hydrogen-bond donors (Lipinski definition) is 4. The third kappa shape index (κ3) is 4.03. The van der Waals surface area contributed by atoms with E-state index in [1.807, 2.05) is 24.3 Å². The zero-order valence-electron chi connectivity index (χ0n) is 11.5. The van der Waals surface area contributed by atoms with Gasteiger partial charge >= 0.3 is 5.97 Å². The van der Waals surface area contributed by atoms with Crippen LogP contribution in [0, 0.1) is 0 Å². The molecule has 1 saturated heterocycles. The Morgan fingerprint density at radius 3 is 2.36 bits per heavy atom. The number of ether oxygens (including phenoxy) is 2. The quantitative estimate of drug-likeness (QED) is 0.566. The molecule has 0 amide bonds. The van der Waals surface area contributed by atoms with Crippen molar-refractivity contribution in [2.45, 2.75) is 37.1 Å². The number of aliphatic hydroxyl groups excluding tert-OH is 3. The second-order valence-electron chi connectivity index (χ2n) is 4.98.